The maximum absolute atomic E-state index is 12.5. The zero-order valence-corrected chi connectivity index (χ0v) is 21.4. The molecule has 0 radical (unpaired) electrons. The van der Waals surface area contributed by atoms with Crippen LogP contribution in [-0.4, -0.2) is 25.9 Å². The number of benzene rings is 2. The Balaban J connectivity index is 3.57. The van der Waals surface area contributed by atoms with Gasteiger partial charge in [0.05, 0.1) is 0 Å². The third-order valence-corrected chi connectivity index (χ3v) is 7.87. The molecule has 0 amide bonds. The summed E-state index contributed by atoms with van der Waals surface area (Å²) in [6.45, 7) is 17.5. The van der Waals surface area contributed by atoms with E-state index in [9.17, 15) is 25.9 Å². The number of rotatable bonds is 6. The Kier molecular flexibility index (Phi) is 7.04. The second-order valence-electron chi connectivity index (χ2n) is 9.48. The van der Waals surface area contributed by atoms with E-state index in [1.807, 2.05) is 41.5 Å². The molecule has 0 saturated carbocycles. The van der Waals surface area contributed by atoms with Crippen molar-refractivity contribution in [1.29, 1.82) is 0 Å². The lowest BCUT2D eigenvalue weighted by atomic mass is 9.77. The van der Waals surface area contributed by atoms with Crippen LogP contribution in [0.5, 0.6) is 0 Å². The largest absolute Gasteiger partial charge is 0.296 e. The fourth-order valence-corrected chi connectivity index (χ4v) is 7.12. The first-order chi connectivity index (χ1) is 13.9. The van der Waals surface area contributed by atoms with Crippen LogP contribution in [0.25, 0.3) is 10.8 Å². The second-order valence-corrected chi connectivity index (χ2v) is 12.2. The first-order valence-corrected chi connectivity index (χ1v) is 13.4. The summed E-state index contributed by atoms with van der Waals surface area (Å²) >= 11 is 0. The highest BCUT2D eigenvalue weighted by atomic mass is 32.2. The maximum atomic E-state index is 12.5. The monoisotopic (exact) mass is 470 g/mol. The predicted molar refractivity (Wildman–Crippen MR) is 125 cm³/mol. The summed E-state index contributed by atoms with van der Waals surface area (Å²) in [6, 6.07) is 1.68. The van der Waals surface area contributed by atoms with Crippen molar-refractivity contribution in [2.75, 3.05) is 0 Å². The highest BCUT2D eigenvalue weighted by Gasteiger charge is 2.34. The number of fused-ring (bicyclic) bond motifs is 1. The van der Waals surface area contributed by atoms with Gasteiger partial charge in [-0.2, -0.15) is 16.8 Å². The molecule has 0 heterocycles. The van der Waals surface area contributed by atoms with Gasteiger partial charge in [0.1, 0.15) is 9.79 Å². The molecular weight excluding hydrogens is 436 g/mol. The Hall–Kier alpha value is -1.48. The Labute approximate surface area is 186 Å². The minimum atomic E-state index is -4.97. The summed E-state index contributed by atoms with van der Waals surface area (Å²) in [5.41, 5.74) is 3.77. The molecule has 0 aliphatic heterocycles. The number of hydrogen-bond donors (Lipinski definition) is 2. The van der Waals surface area contributed by atoms with E-state index in [0.717, 1.165) is 16.7 Å². The fraction of sp³-hybridized carbons (Fsp3) is 0.565. The number of hydrogen-bond acceptors (Lipinski definition) is 4. The van der Waals surface area contributed by atoms with Gasteiger partial charge >= 0.3 is 0 Å². The van der Waals surface area contributed by atoms with Crippen molar-refractivity contribution in [2.45, 2.75) is 95.8 Å². The third kappa shape index (κ3) is 4.53. The van der Waals surface area contributed by atoms with Crippen LogP contribution in [0.1, 0.15) is 107 Å². The molecule has 0 aliphatic carbocycles. The molecule has 0 fully saturated rings. The van der Waals surface area contributed by atoms with Gasteiger partial charge in [0.25, 0.3) is 20.2 Å². The Morgan fingerprint density at radius 2 is 1.06 bits per heavy atom. The van der Waals surface area contributed by atoms with E-state index >= 15 is 0 Å². The Morgan fingerprint density at radius 1 is 0.645 bits per heavy atom. The second kappa shape index (κ2) is 8.46. The molecule has 0 saturated heterocycles. The molecular formula is C23H34O6S2. The van der Waals surface area contributed by atoms with Crippen molar-refractivity contribution >= 4 is 31.0 Å². The summed E-state index contributed by atoms with van der Waals surface area (Å²) in [5, 5.41) is 0.789. The molecule has 0 aromatic heterocycles. The van der Waals surface area contributed by atoms with E-state index < -0.39 is 30.0 Å². The van der Waals surface area contributed by atoms with Crippen molar-refractivity contribution in [3.05, 3.63) is 33.9 Å². The summed E-state index contributed by atoms with van der Waals surface area (Å²) in [7, 11) is -9.89. The van der Waals surface area contributed by atoms with Gasteiger partial charge in [-0.3, -0.25) is 9.11 Å². The quantitative estimate of drug-likeness (QED) is 0.491. The van der Waals surface area contributed by atoms with E-state index in [-0.39, 0.29) is 34.6 Å². The normalized spacial score (nSPS) is 13.4. The summed E-state index contributed by atoms with van der Waals surface area (Å²) < 4.78 is 69.8. The van der Waals surface area contributed by atoms with Crippen LogP contribution in [0.4, 0.5) is 0 Å². The highest BCUT2D eigenvalue weighted by molar-refractivity contribution is 7.89. The first kappa shape index (κ1) is 25.8. The standard InChI is InChI=1S/C23H34O6S2/c1-11(2)16-10-17-21(20(14(7)8)19(16)13(5)6)18(12(3)4)15(9)22(30(24,25)26)23(17)31(27,28)29/h10-14H,1-9H3,(H,24,25,26)(H,27,28,29). The summed E-state index contributed by atoms with van der Waals surface area (Å²) in [6.07, 6.45) is 0. The molecule has 0 aliphatic rings. The van der Waals surface area contributed by atoms with Gasteiger partial charge < -0.3 is 0 Å². The van der Waals surface area contributed by atoms with Crippen LogP contribution >= 0.6 is 0 Å². The van der Waals surface area contributed by atoms with Crippen molar-refractivity contribution in [1.82, 2.24) is 0 Å². The van der Waals surface area contributed by atoms with Crippen molar-refractivity contribution in [2.24, 2.45) is 0 Å². The average molecular weight is 471 g/mol. The van der Waals surface area contributed by atoms with Crippen LogP contribution in [0.3, 0.4) is 0 Å². The molecule has 0 bridgehead atoms. The van der Waals surface area contributed by atoms with Crippen LogP contribution in [0, 0.1) is 6.92 Å². The van der Waals surface area contributed by atoms with Gasteiger partial charge in [0, 0.05) is 5.39 Å². The molecule has 8 heteroatoms. The molecule has 2 aromatic carbocycles. The maximum Gasteiger partial charge on any atom is 0.296 e. The zero-order chi connectivity index (χ0) is 24.2. The molecule has 2 rings (SSSR count). The molecule has 2 aromatic rings. The fourth-order valence-electron chi connectivity index (χ4n) is 4.82. The zero-order valence-electron chi connectivity index (χ0n) is 19.7. The molecule has 0 atom stereocenters. The molecule has 0 unspecified atom stereocenters. The van der Waals surface area contributed by atoms with E-state index in [1.165, 1.54) is 6.92 Å². The molecule has 0 spiro atoms. The van der Waals surface area contributed by atoms with E-state index in [1.54, 1.807) is 6.07 Å². The summed E-state index contributed by atoms with van der Waals surface area (Å²) in [5.74, 6) is 0.0451. The molecule has 6 nitrogen and oxygen atoms in total. The van der Waals surface area contributed by atoms with Gasteiger partial charge in [-0.25, -0.2) is 0 Å². The van der Waals surface area contributed by atoms with E-state index in [4.69, 9.17) is 0 Å². The van der Waals surface area contributed by atoms with Crippen LogP contribution in [-0.2, 0) is 20.2 Å². The average Bonchev–Trinajstić information content (AvgIpc) is 2.55. The lowest BCUT2D eigenvalue weighted by molar-refractivity contribution is 0.466. The van der Waals surface area contributed by atoms with Crippen LogP contribution < -0.4 is 0 Å². The Bertz CT molecular complexity index is 1240. The van der Waals surface area contributed by atoms with Crippen LogP contribution in [0.15, 0.2) is 15.9 Å². The topological polar surface area (TPSA) is 109 Å². The smallest absolute Gasteiger partial charge is 0.282 e. The van der Waals surface area contributed by atoms with Gasteiger partial charge in [0.15, 0.2) is 0 Å². The third-order valence-electron chi connectivity index (χ3n) is 5.77. The molecule has 174 valence electrons. The SMILES string of the molecule is Cc1c(S(=O)(=O)O)c(S(=O)(=O)O)c2cc(C(C)C)c(C(C)C)c(C(C)C)c2c1C(C)C. The van der Waals surface area contributed by atoms with Gasteiger partial charge in [-0.15, -0.1) is 0 Å². The minimum Gasteiger partial charge on any atom is -0.282 e. The van der Waals surface area contributed by atoms with Crippen molar-refractivity contribution in [3.8, 4) is 0 Å². The van der Waals surface area contributed by atoms with Gasteiger partial charge in [-0.05, 0) is 69.9 Å². The van der Waals surface area contributed by atoms with Crippen molar-refractivity contribution in [3.63, 3.8) is 0 Å². The first-order valence-electron chi connectivity index (χ1n) is 10.5. The summed E-state index contributed by atoms with van der Waals surface area (Å²) in [4.78, 5) is -1.49. The van der Waals surface area contributed by atoms with E-state index in [2.05, 4.69) is 13.8 Å². The highest BCUT2D eigenvalue weighted by Crippen LogP contribution is 2.46. The molecule has 2 N–H and O–H groups in total. The van der Waals surface area contributed by atoms with Gasteiger partial charge in [0.2, 0.25) is 0 Å². The molecule has 31 heavy (non-hydrogen) atoms. The lowest BCUT2D eigenvalue weighted by Crippen LogP contribution is -2.16. The Morgan fingerprint density at radius 3 is 1.39 bits per heavy atom. The van der Waals surface area contributed by atoms with E-state index in [0.29, 0.717) is 10.9 Å². The van der Waals surface area contributed by atoms with Gasteiger partial charge in [-0.1, -0.05) is 55.4 Å². The minimum absolute atomic E-state index is 0.0151. The van der Waals surface area contributed by atoms with Crippen molar-refractivity contribution < 1.29 is 25.9 Å². The van der Waals surface area contributed by atoms with Crippen LogP contribution in [0.2, 0.25) is 0 Å². The lowest BCUT2D eigenvalue weighted by Gasteiger charge is -2.29. The predicted octanol–water partition coefficient (Wildman–Crippen LogP) is 6.14.